The van der Waals surface area contributed by atoms with Crippen LogP contribution in [0.3, 0.4) is 0 Å². The molecule has 170 valence electrons. The van der Waals surface area contributed by atoms with Gasteiger partial charge in [-0.2, -0.15) is 5.26 Å². The van der Waals surface area contributed by atoms with E-state index in [1.165, 1.54) is 3.97 Å². The summed E-state index contributed by atoms with van der Waals surface area (Å²) in [6.45, 7) is 5.41. The van der Waals surface area contributed by atoms with Crippen LogP contribution in [0.2, 0.25) is 0 Å². The van der Waals surface area contributed by atoms with Gasteiger partial charge in [0.25, 0.3) is 0 Å². The monoisotopic (exact) mass is 463 g/mol. The average Bonchev–Trinajstić information content (AvgIpc) is 3.54. The van der Waals surface area contributed by atoms with Crippen LogP contribution in [0, 0.1) is 11.3 Å². The molecule has 4 heterocycles. The van der Waals surface area contributed by atoms with E-state index in [1.54, 1.807) is 36.9 Å². The van der Waals surface area contributed by atoms with Crippen LogP contribution in [0.5, 0.6) is 0 Å². The molecule has 3 aromatic heterocycles. The molecule has 4 aromatic rings. The number of pyridine rings is 1. The van der Waals surface area contributed by atoms with Gasteiger partial charge in [0.05, 0.1) is 36.8 Å². The molecule has 0 saturated carbocycles. The number of hydrogen-bond acceptors (Lipinski definition) is 7. The van der Waals surface area contributed by atoms with E-state index >= 15 is 0 Å². The van der Waals surface area contributed by atoms with Gasteiger partial charge in [-0.1, -0.05) is 37.3 Å². The third-order valence-electron chi connectivity index (χ3n) is 6.34. The molecule has 1 saturated heterocycles. The number of fused-ring (bicyclic) bond motifs is 3. The Morgan fingerprint density at radius 2 is 2.00 bits per heavy atom. The van der Waals surface area contributed by atoms with E-state index in [4.69, 9.17) is 0 Å². The van der Waals surface area contributed by atoms with E-state index < -0.39 is 10.0 Å². The molecule has 0 amide bonds. The second-order valence-electron chi connectivity index (χ2n) is 8.39. The molecule has 5 rings (SSSR count). The highest BCUT2D eigenvalue weighted by atomic mass is 32.2. The van der Waals surface area contributed by atoms with E-state index in [1.807, 2.05) is 29.8 Å². The first-order chi connectivity index (χ1) is 15.9. The highest BCUT2D eigenvalue weighted by Gasteiger charge is 2.33. The lowest BCUT2D eigenvalue weighted by atomic mass is 10.2. The minimum absolute atomic E-state index is 0.109. The van der Waals surface area contributed by atoms with Crippen molar-refractivity contribution in [1.29, 1.82) is 5.26 Å². The van der Waals surface area contributed by atoms with Gasteiger partial charge in [-0.15, -0.1) is 0 Å². The molecule has 0 spiro atoms. The van der Waals surface area contributed by atoms with Crippen LogP contribution >= 0.6 is 0 Å². The maximum atomic E-state index is 13.2. The minimum Gasteiger partial charge on any atom is -0.293 e. The van der Waals surface area contributed by atoms with Gasteiger partial charge in [-0.3, -0.25) is 9.91 Å². The molecular formula is C23H25N7O2S. The molecule has 0 bridgehead atoms. The van der Waals surface area contributed by atoms with Crippen molar-refractivity contribution in [3.63, 3.8) is 0 Å². The van der Waals surface area contributed by atoms with Crippen LogP contribution in [0.1, 0.15) is 25.8 Å². The predicted molar refractivity (Wildman–Crippen MR) is 126 cm³/mol. The number of aromatic nitrogens is 4. The van der Waals surface area contributed by atoms with Crippen LogP contribution in [0.4, 0.5) is 0 Å². The molecule has 1 aliphatic heterocycles. The summed E-state index contributed by atoms with van der Waals surface area (Å²) >= 11 is 0. The topological polar surface area (TPSA) is 100 Å². The van der Waals surface area contributed by atoms with Crippen LogP contribution in [-0.2, 0) is 15.8 Å². The summed E-state index contributed by atoms with van der Waals surface area (Å²) in [6, 6.07) is 13.3. The van der Waals surface area contributed by atoms with Gasteiger partial charge in [0, 0.05) is 18.1 Å². The average molecular weight is 464 g/mol. The van der Waals surface area contributed by atoms with Gasteiger partial charge in [0.1, 0.15) is 17.4 Å². The van der Waals surface area contributed by atoms with Crippen molar-refractivity contribution in [2.75, 3.05) is 18.2 Å². The lowest BCUT2D eigenvalue weighted by Gasteiger charge is -2.26. The Morgan fingerprint density at radius 3 is 2.73 bits per heavy atom. The zero-order valence-corrected chi connectivity index (χ0v) is 19.4. The van der Waals surface area contributed by atoms with Gasteiger partial charge in [0.2, 0.25) is 10.0 Å². The fourth-order valence-corrected chi connectivity index (χ4v) is 5.90. The van der Waals surface area contributed by atoms with Crippen molar-refractivity contribution in [3.8, 4) is 6.07 Å². The van der Waals surface area contributed by atoms with Gasteiger partial charge in [0.15, 0.2) is 5.65 Å². The van der Waals surface area contributed by atoms with Gasteiger partial charge >= 0.3 is 0 Å². The number of nitrogens with zero attached hydrogens (tertiary/aromatic N) is 7. The second-order valence-corrected chi connectivity index (χ2v) is 10.2. The maximum absolute atomic E-state index is 13.2. The van der Waals surface area contributed by atoms with Gasteiger partial charge in [-0.25, -0.2) is 27.0 Å². The summed E-state index contributed by atoms with van der Waals surface area (Å²) in [4.78, 5) is 11.1. The molecule has 10 heteroatoms. The fraction of sp³-hybridized carbons (Fsp3) is 0.348. The Bertz CT molecular complexity index is 1450. The first-order valence-corrected chi connectivity index (χ1v) is 12.5. The van der Waals surface area contributed by atoms with Gasteiger partial charge < -0.3 is 0 Å². The molecule has 1 aliphatic rings. The van der Waals surface area contributed by atoms with Crippen molar-refractivity contribution in [3.05, 3.63) is 60.7 Å². The SMILES string of the molecule is CCC1CN(C(C)C#N)CN1n1cnc2cnc3c(ccn3S(=O)(=O)Cc3ccccc3)c21. The molecule has 1 fully saturated rings. The van der Waals surface area contributed by atoms with E-state index in [9.17, 15) is 13.7 Å². The summed E-state index contributed by atoms with van der Waals surface area (Å²) in [5, 5.41) is 12.3. The largest absolute Gasteiger partial charge is 0.293 e. The second kappa shape index (κ2) is 8.17. The number of nitriles is 1. The van der Waals surface area contributed by atoms with Crippen LogP contribution in [0.15, 0.2) is 55.1 Å². The standard InChI is InChI=1S/C23H25N7O2S/c1-3-19-13-27(17(2)11-24)16-29(19)28-15-26-21-12-25-23-20(22(21)28)9-10-30(23)33(31,32)14-18-7-5-4-6-8-18/h4-10,12,15,17,19H,3,13-14,16H2,1-2H3. The van der Waals surface area contributed by atoms with Crippen molar-refractivity contribution < 1.29 is 8.42 Å². The van der Waals surface area contributed by atoms with Crippen molar-refractivity contribution >= 4 is 32.1 Å². The Morgan fingerprint density at radius 1 is 1.21 bits per heavy atom. The number of imidazole rings is 1. The number of rotatable bonds is 6. The zero-order chi connectivity index (χ0) is 23.2. The normalized spacial score (nSPS) is 18.2. The molecule has 0 N–H and O–H groups in total. The molecule has 0 aliphatic carbocycles. The predicted octanol–water partition coefficient (Wildman–Crippen LogP) is 2.67. The lowest BCUT2D eigenvalue weighted by molar-refractivity contribution is 0.297. The van der Waals surface area contributed by atoms with E-state index in [2.05, 4.69) is 32.9 Å². The van der Waals surface area contributed by atoms with Crippen molar-refractivity contribution in [2.45, 2.75) is 38.1 Å². The summed E-state index contributed by atoms with van der Waals surface area (Å²) in [7, 11) is -3.65. The fourth-order valence-electron chi connectivity index (χ4n) is 4.49. The molecule has 2 atom stereocenters. The number of hydrogen-bond donors (Lipinski definition) is 0. The number of benzene rings is 1. The maximum Gasteiger partial charge on any atom is 0.244 e. The highest BCUT2D eigenvalue weighted by molar-refractivity contribution is 7.89. The Hall–Kier alpha value is -3.42. The quantitative estimate of drug-likeness (QED) is 0.433. The molecule has 1 aromatic carbocycles. The lowest BCUT2D eigenvalue weighted by Crippen LogP contribution is -2.40. The third kappa shape index (κ3) is 3.63. The molecule has 0 radical (unpaired) electrons. The smallest absolute Gasteiger partial charge is 0.244 e. The van der Waals surface area contributed by atoms with Crippen LogP contribution < -0.4 is 5.01 Å². The zero-order valence-electron chi connectivity index (χ0n) is 18.5. The first-order valence-electron chi connectivity index (χ1n) is 10.9. The first kappa shape index (κ1) is 21.4. The third-order valence-corrected chi connectivity index (χ3v) is 7.93. The highest BCUT2D eigenvalue weighted by Crippen LogP contribution is 2.28. The summed E-state index contributed by atoms with van der Waals surface area (Å²) in [6.07, 6.45) is 5.85. The Balaban J connectivity index is 1.59. The van der Waals surface area contributed by atoms with E-state index in [0.29, 0.717) is 17.8 Å². The summed E-state index contributed by atoms with van der Waals surface area (Å²) in [5.41, 5.74) is 2.62. The summed E-state index contributed by atoms with van der Waals surface area (Å²) < 4.78 is 29.6. The van der Waals surface area contributed by atoms with E-state index in [0.717, 1.165) is 29.4 Å². The molecular weight excluding hydrogens is 438 g/mol. The van der Waals surface area contributed by atoms with Crippen molar-refractivity contribution in [1.82, 2.24) is 23.5 Å². The van der Waals surface area contributed by atoms with Gasteiger partial charge in [-0.05, 0) is 25.0 Å². The molecule has 9 nitrogen and oxygen atoms in total. The minimum atomic E-state index is -3.65. The van der Waals surface area contributed by atoms with Crippen molar-refractivity contribution in [2.24, 2.45) is 0 Å². The molecule has 2 unspecified atom stereocenters. The Labute approximate surface area is 192 Å². The van der Waals surface area contributed by atoms with Crippen LogP contribution in [0.25, 0.3) is 22.1 Å². The summed E-state index contributed by atoms with van der Waals surface area (Å²) in [5.74, 6) is -0.109. The van der Waals surface area contributed by atoms with Crippen LogP contribution in [-0.4, -0.2) is 57.2 Å². The van der Waals surface area contributed by atoms with E-state index in [-0.39, 0.29) is 17.8 Å². The molecule has 33 heavy (non-hydrogen) atoms. The Kier molecular flexibility index (Phi) is 5.31.